The lowest BCUT2D eigenvalue weighted by Gasteiger charge is -2.18. The molecule has 7 nitrogen and oxygen atoms in total. The van der Waals surface area contributed by atoms with Crippen LogP contribution in [-0.4, -0.2) is 34.8 Å². The monoisotopic (exact) mass is 411 g/mol. The van der Waals surface area contributed by atoms with Gasteiger partial charge in [-0.15, -0.1) is 0 Å². The van der Waals surface area contributed by atoms with E-state index in [9.17, 15) is 18.9 Å². The number of pyridine rings is 1. The topological polar surface area (TPSA) is 106 Å². The highest BCUT2D eigenvalue weighted by molar-refractivity contribution is 5.89. The molecule has 8 heteroatoms. The minimum absolute atomic E-state index is 0.135. The average Bonchev–Trinajstić information content (AvgIpc) is 3.55. The molecule has 2 aromatic rings. The van der Waals surface area contributed by atoms with E-state index in [-0.39, 0.29) is 54.7 Å². The van der Waals surface area contributed by atoms with Crippen LogP contribution < -0.4 is 10.9 Å². The van der Waals surface area contributed by atoms with E-state index in [4.69, 9.17) is 5.26 Å². The van der Waals surface area contributed by atoms with E-state index < -0.39 is 0 Å². The van der Waals surface area contributed by atoms with Gasteiger partial charge in [0.1, 0.15) is 11.7 Å². The zero-order valence-corrected chi connectivity index (χ0v) is 16.8. The van der Waals surface area contributed by atoms with E-state index in [1.165, 1.54) is 6.07 Å². The van der Waals surface area contributed by atoms with Crippen LogP contribution in [0.4, 0.5) is 4.39 Å². The maximum atomic E-state index is 14.5. The summed E-state index contributed by atoms with van der Waals surface area (Å²) < 4.78 is 15.3. The molecule has 2 fully saturated rings. The molecule has 2 atom stereocenters. The third kappa shape index (κ3) is 3.84. The molecular weight excluding hydrogens is 387 g/mol. The van der Waals surface area contributed by atoms with Gasteiger partial charge in [0.25, 0.3) is 5.56 Å². The lowest BCUT2D eigenvalue weighted by atomic mass is 9.95. The van der Waals surface area contributed by atoms with Crippen LogP contribution in [0.3, 0.4) is 0 Å². The highest BCUT2D eigenvalue weighted by Gasteiger charge is 2.35. The summed E-state index contributed by atoms with van der Waals surface area (Å²) >= 11 is 0. The number of nitroso groups, excluding NO2 is 1. The van der Waals surface area contributed by atoms with Crippen molar-refractivity contribution < 1.29 is 13.9 Å². The zero-order chi connectivity index (χ0) is 21.4. The zero-order valence-electron chi connectivity index (χ0n) is 16.8. The first-order valence-electron chi connectivity index (χ1n) is 10.3. The first kappa shape index (κ1) is 20.2. The van der Waals surface area contributed by atoms with Crippen molar-refractivity contribution in [3.05, 3.63) is 49.9 Å². The van der Waals surface area contributed by atoms with Gasteiger partial charge in [0.2, 0.25) is 18.5 Å². The number of fused-ring (bicyclic) bond motifs is 1. The van der Waals surface area contributed by atoms with Crippen LogP contribution in [0, 0.1) is 34.9 Å². The van der Waals surface area contributed by atoms with E-state index in [0.717, 1.165) is 17.6 Å². The third-order valence-electron chi connectivity index (χ3n) is 6.24. The predicted octanol–water partition coefficient (Wildman–Crippen LogP) is 2.59. The van der Waals surface area contributed by atoms with Gasteiger partial charge in [-0.25, -0.2) is 4.39 Å². The number of piperidine rings is 1. The fraction of sp³-hybridized carbons (Fsp3) is 0.500. The van der Waals surface area contributed by atoms with Gasteiger partial charge in [-0.2, -0.15) is 5.26 Å². The quantitative estimate of drug-likeness (QED) is 0.738. The van der Waals surface area contributed by atoms with E-state index in [2.05, 4.69) is 16.4 Å². The van der Waals surface area contributed by atoms with Gasteiger partial charge in [0, 0.05) is 38.1 Å². The predicted molar refractivity (Wildman–Crippen MR) is 109 cm³/mol. The molecular formula is C22H24FN4O3+. The molecule has 1 aliphatic carbocycles. The number of rotatable bonds is 5. The first-order chi connectivity index (χ1) is 14.4. The number of nitrogens with zero attached hydrogens (tertiary/aromatic N) is 2. The normalized spacial score (nSPS) is 21.4. The molecule has 4 rings (SSSR count). The van der Waals surface area contributed by atoms with Crippen LogP contribution in [0.15, 0.2) is 16.9 Å². The molecule has 0 radical (unpaired) electrons. The number of aryl methyl sites for hydroxylation is 1. The van der Waals surface area contributed by atoms with Crippen molar-refractivity contribution in [3.63, 3.8) is 0 Å². The summed E-state index contributed by atoms with van der Waals surface area (Å²) in [6.45, 7) is 2.08. The number of aromatic amines is 1. The third-order valence-corrected chi connectivity index (χ3v) is 6.24. The van der Waals surface area contributed by atoms with Gasteiger partial charge >= 0.3 is 0 Å². The maximum Gasteiger partial charge on any atom is 0.252 e. The van der Waals surface area contributed by atoms with Gasteiger partial charge < -0.3 is 10.3 Å². The maximum absolute atomic E-state index is 14.5. The smallest absolute Gasteiger partial charge is 0.252 e. The molecule has 2 aliphatic rings. The van der Waals surface area contributed by atoms with Crippen LogP contribution in [0.2, 0.25) is 0 Å². The number of nitrogens with one attached hydrogen (secondary N) is 2. The van der Waals surface area contributed by atoms with Crippen LogP contribution in [0.1, 0.15) is 48.3 Å². The van der Waals surface area contributed by atoms with Gasteiger partial charge in [0.05, 0.1) is 19.0 Å². The molecule has 30 heavy (non-hydrogen) atoms. The minimum Gasteiger partial charge on any atom is -0.349 e. The SMILES string of the molecule is Cc1c(CC(=O)NCC2CCC(C#N)C[N+]2=O)c(=O)[nH]c2ccc(F)c(C3CC3)c12. The van der Waals surface area contributed by atoms with Gasteiger partial charge in [0.15, 0.2) is 0 Å². The lowest BCUT2D eigenvalue weighted by molar-refractivity contribution is -0.598. The molecule has 156 valence electrons. The molecule has 2 heterocycles. The Morgan fingerprint density at radius 2 is 2.10 bits per heavy atom. The highest BCUT2D eigenvalue weighted by atomic mass is 19.1. The summed E-state index contributed by atoms with van der Waals surface area (Å²) in [6.07, 6.45) is 2.88. The van der Waals surface area contributed by atoms with Gasteiger partial charge in [-0.05, 0) is 49.8 Å². The number of hydrogen-bond donors (Lipinski definition) is 2. The largest absolute Gasteiger partial charge is 0.349 e. The number of amides is 1. The standard InChI is InChI=1S/C22H23FN4O3/c1-12-16(8-19(28)25-10-15-5-2-13(9-24)11-27(15)30)22(29)26-18-7-6-17(23)21(20(12)18)14-3-4-14/h6-7,13-15H,2-5,8,10-11H2,1H3,(H-,25,26,28,29)/p+1. The summed E-state index contributed by atoms with van der Waals surface area (Å²) in [5.74, 6) is -0.747. The Balaban J connectivity index is 1.52. The van der Waals surface area contributed by atoms with Crippen molar-refractivity contribution in [3.8, 4) is 6.07 Å². The summed E-state index contributed by atoms with van der Waals surface area (Å²) in [5.41, 5.74) is 1.80. The van der Waals surface area contributed by atoms with Crippen molar-refractivity contribution in [2.75, 3.05) is 13.1 Å². The van der Waals surface area contributed by atoms with Crippen LogP contribution in [-0.2, 0) is 11.2 Å². The molecule has 2 unspecified atom stereocenters. The van der Waals surface area contributed by atoms with Crippen molar-refractivity contribution in [2.24, 2.45) is 5.92 Å². The summed E-state index contributed by atoms with van der Waals surface area (Å²) in [4.78, 5) is 39.9. The Labute approximate surface area is 172 Å². The van der Waals surface area contributed by atoms with Crippen LogP contribution in [0.25, 0.3) is 10.9 Å². The Kier molecular flexibility index (Phi) is 5.37. The average molecular weight is 411 g/mol. The van der Waals surface area contributed by atoms with E-state index in [1.807, 2.05) is 0 Å². The molecule has 1 amide bonds. The number of halogens is 1. The summed E-state index contributed by atoms with van der Waals surface area (Å²) in [5, 5.41) is 12.4. The van der Waals surface area contributed by atoms with Crippen molar-refractivity contribution in [2.45, 2.75) is 51.0 Å². The highest BCUT2D eigenvalue weighted by Crippen LogP contribution is 2.45. The number of hydrogen-bond acceptors (Lipinski definition) is 4. The van der Waals surface area contributed by atoms with Crippen molar-refractivity contribution >= 4 is 16.8 Å². The lowest BCUT2D eigenvalue weighted by Crippen LogP contribution is -2.43. The molecule has 1 aromatic carbocycles. The Hall–Kier alpha value is -3.08. The first-order valence-corrected chi connectivity index (χ1v) is 10.3. The molecule has 1 saturated heterocycles. The summed E-state index contributed by atoms with van der Waals surface area (Å²) in [6, 6.07) is 4.68. The molecule has 1 saturated carbocycles. The molecule has 0 bridgehead atoms. The number of benzene rings is 1. The number of carbonyl (C=O) groups excluding carboxylic acids is 1. The second kappa shape index (κ2) is 7.98. The Bertz CT molecular complexity index is 1130. The fourth-order valence-corrected chi connectivity index (χ4v) is 4.36. The second-order valence-corrected chi connectivity index (χ2v) is 8.35. The van der Waals surface area contributed by atoms with Crippen molar-refractivity contribution in [1.29, 1.82) is 5.26 Å². The number of H-pyrrole nitrogens is 1. The number of aromatic nitrogens is 1. The van der Waals surface area contributed by atoms with Gasteiger partial charge in [-0.1, -0.05) is 0 Å². The minimum atomic E-state index is -0.370. The second-order valence-electron chi connectivity index (χ2n) is 8.35. The Morgan fingerprint density at radius 3 is 2.77 bits per heavy atom. The fourth-order valence-electron chi connectivity index (χ4n) is 4.36. The molecule has 0 spiro atoms. The number of nitriles is 1. The van der Waals surface area contributed by atoms with E-state index in [1.54, 1.807) is 13.0 Å². The van der Waals surface area contributed by atoms with Gasteiger partial charge in [-0.3, -0.25) is 9.59 Å². The Morgan fingerprint density at radius 1 is 1.33 bits per heavy atom. The molecule has 1 aliphatic heterocycles. The molecule has 1 aromatic heterocycles. The number of carbonyl (C=O) groups is 1. The van der Waals surface area contributed by atoms with E-state index in [0.29, 0.717) is 40.4 Å². The molecule has 2 N–H and O–H groups in total. The van der Waals surface area contributed by atoms with Crippen LogP contribution in [0.5, 0.6) is 0 Å². The van der Waals surface area contributed by atoms with E-state index >= 15 is 0 Å². The van der Waals surface area contributed by atoms with Crippen molar-refractivity contribution in [1.82, 2.24) is 10.3 Å². The summed E-state index contributed by atoms with van der Waals surface area (Å²) in [7, 11) is 0. The van der Waals surface area contributed by atoms with Crippen LogP contribution >= 0.6 is 0 Å².